The van der Waals surface area contributed by atoms with Gasteiger partial charge in [0, 0.05) is 39.4 Å². The topological polar surface area (TPSA) is 142 Å². The molecular formula is C44H44N4O9. The van der Waals surface area contributed by atoms with Gasteiger partial charge in [-0.1, -0.05) is 61.5 Å². The van der Waals surface area contributed by atoms with Crippen LogP contribution in [0.25, 0.3) is 44.6 Å². The largest absolute Gasteiger partial charge is 0.511 e. The molecule has 0 saturated carbocycles. The molecule has 0 radical (unpaired) electrons. The van der Waals surface area contributed by atoms with Crippen molar-refractivity contribution >= 4 is 40.2 Å². The molecule has 8 rings (SSSR count). The Morgan fingerprint density at radius 2 is 1.54 bits per heavy atom. The van der Waals surface area contributed by atoms with E-state index >= 15 is 0 Å². The molecule has 0 aliphatic carbocycles. The quantitative estimate of drug-likeness (QED) is 0.0743. The van der Waals surface area contributed by atoms with Crippen LogP contribution in [0.3, 0.4) is 0 Å². The van der Waals surface area contributed by atoms with Crippen molar-refractivity contribution in [2.24, 2.45) is 7.05 Å². The molecule has 0 spiro atoms. The molecular weight excluding hydrogens is 729 g/mol. The lowest BCUT2D eigenvalue weighted by Crippen LogP contribution is -2.36. The summed E-state index contributed by atoms with van der Waals surface area (Å²) in [5, 5.41) is 0. The highest BCUT2D eigenvalue weighted by Gasteiger charge is 2.51. The molecule has 4 aromatic carbocycles. The first-order valence-electron chi connectivity index (χ1n) is 19.2. The zero-order valence-electron chi connectivity index (χ0n) is 32.5. The first kappa shape index (κ1) is 37.9. The zero-order valence-corrected chi connectivity index (χ0v) is 32.5. The Kier molecular flexibility index (Phi) is 10.5. The number of hydrogen-bond acceptors (Lipinski definition) is 11. The Hall–Kier alpha value is -6.05. The third kappa shape index (κ3) is 7.60. The molecule has 4 heterocycles. The second-order valence-electron chi connectivity index (χ2n) is 14.5. The number of rotatable bonds is 11. The first-order valence-corrected chi connectivity index (χ1v) is 19.2. The van der Waals surface area contributed by atoms with Gasteiger partial charge in [-0.3, -0.25) is 4.79 Å². The minimum atomic E-state index is -1.25. The van der Waals surface area contributed by atoms with Crippen LogP contribution in [0.1, 0.15) is 54.5 Å². The smallest absolute Gasteiger partial charge is 0.457 e. The third-order valence-corrected chi connectivity index (χ3v) is 10.5. The van der Waals surface area contributed by atoms with Gasteiger partial charge >= 0.3 is 18.1 Å². The number of imidazole rings is 2. The molecule has 13 nitrogen and oxygen atoms in total. The van der Waals surface area contributed by atoms with E-state index in [2.05, 4.69) is 53.3 Å². The number of aromatic nitrogens is 4. The molecule has 2 fully saturated rings. The minimum Gasteiger partial charge on any atom is -0.457 e. The lowest BCUT2D eigenvalue weighted by atomic mass is 9.98. The number of fused-ring (bicyclic) bond motifs is 3. The molecule has 0 amide bonds. The van der Waals surface area contributed by atoms with E-state index in [1.165, 1.54) is 13.8 Å². The van der Waals surface area contributed by atoms with E-state index < -0.39 is 48.8 Å². The second kappa shape index (κ2) is 15.8. The number of aryl methyl sites for hydroxylation is 3. The molecule has 5 atom stereocenters. The van der Waals surface area contributed by atoms with Gasteiger partial charge in [-0.25, -0.2) is 19.6 Å². The summed E-state index contributed by atoms with van der Waals surface area (Å²) in [5.74, 6) is 0.812. The summed E-state index contributed by atoms with van der Waals surface area (Å²) in [5.41, 5.74) is 9.08. The van der Waals surface area contributed by atoms with E-state index in [1.54, 1.807) is 12.1 Å². The fourth-order valence-corrected chi connectivity index (χ4v) is 7.82. The second-order valence-corrected chi connectivity index (χ2v) is 14.5. The van der Waals surface area contributed by atoms with Crippen LogP contribution in [-0.2, 0) is 53.2 Å². The van der Waals surface area contributed by atoms with Gasteiger partial charge in [-0.2, -0.15) is 0 Å². The molecule has 6 aromatic rings. The number of carbonyl (C=O) groups excluding carboxylic acids is 3. The highest BCUT2D eigenvalue weighted by Crippen LogP contribution is 2.33. The van der Waals surface area contributed by atoms with Crippen LogP contribution < -0.4 is 0 Å². The number of esters is 2. The molecule has 2 saturated heterocycles. The van der Waals surface area contributed by atoms with Crippen LogP contribution in [-0.4, -0.2) is 81.1 Å². The van der Waals surface area contributed by atoms with Crippen molar-refractivity contribution in [2.45, 2.75) is 77.8 Å². The summed E-state index contributed by atoms with van der Waals surface area (Å²) in [7, 11) is 2.05. The lowest BCUT2D eigenvalue weighted by molar-refractivity contribution is -0.151. The Morgan fingerprint density at radius 1 is 0.842 bits per heavy atom. The predicted octanol–water partition coefficient (Wildman–Crippen LogP) is 7.32. The molecule has 2 aliphatic rings. The molecule has 0 bridgehead atoms. The predicted molar refractivity (Wildman–Crippen MR) is 210 cm³/mol. The molecule has 2 aromatic heterocycles. The summed E-state index contributed by atoms with van der Waals surface area (Å²) >= 11 is 0. The fourth-order valence-electron chi connectivity index (χ4n) is 7.82. The van der Waals surface area contributed by atoms with Crippen LogP contribution in [0.15, 0.2) is 84.9 Å². The van der Waals surface area contributed by atoms with Gasteiger partial charge in [0.05, 0.1) is 40.8 Å². The summed E-state index contributed by atoms with van der Waals surface area (Å²) in [6, 6.07) is 27.7. The maximum Gasteiger partial charge on any atom is 0.511 e. The Balaban J connectivity index is 0.959. The lowest BCUT2D eigenvalue weighted by Gasteiger charge is -2.19. The molecule has 0 N–H and O–H groups in total. The average molecular weight is 773 g/mol. The first-order chi connectivity index (χ1) is 27.6. The number of nitrogens with zero attached hydrogens (tertiary/aromatic N) is 4. The summed E-state index contributed by atoms with van der Waals surface area (Å²) in [4.78, 5) is 47.5. The highest BCUT2D eigenvalue weighted by atomic mass is 16.8. The molecule has 2 aliphatic heterocycles. The van der Waals surface area contributed by atoms with Crippen LogP contribution in [0, 0.1) is 6.92 Å². The van der Waals surface area contributed by atoms with Crippen molar-refractivity contribution in [3.63, 3.8) is 0 Å². The van der Waals surface area contributed by atoms with Gasteiger partial charge in [0.15, 0.2) is 12.2 Å². The third-order valence-electron chi connectivity index (χ3n) is 10.5. The minimum absolute atomic E-state index is 0.0472. The Labute approximate surface area is 329 Å². The fraction of sp³-hybridized carbons (Fsp3) is 0.341. The number of ether oxygens (including phenoxy) is 6. The molecule has 57 heavy (non-hydrogen) atoms. The normalized spacial score (nSPS) is 19.4. The SMILES string of the molecule is CCCc1nc2c(C)cc(-c3nc4ccccc4n3C)cc2n1Cc1ccc(-c2ccccc2C(=O)OC(C)OC(=O)O[C@@H]2CO[C@@H]3[C@H]2OC[C@H]3OC(C)=O)cc1. The summed E-state index contributed by atoms with van der Waals surface area (Å²) in [6.45, 7) is 7.79. The van der Waals surface area contributed by atoms with Crippen LogP contribution in [0.2, 0.25) is 0 Å². The van der Waals surface area contributed by atoms with Gasteiger partial charge < -0.3 is 37.6 Å². The number of carbonyl (C=O) groups is 3. The van der Waals surface area contributed by atoms with Gasteiger partial charge in [-0.05, 0) is 65.9 Å². The average Bonchev–Trinajstić information content (AvgIpc) is 3.96. The van der Waals surface area contributed by atoms with Gasteiger partial charge in [0.25, 0.3) is 0 Å². The van der Waals surface area contributed by atoms with E-state index in [0.717, 1.165) is 68.8 Å². The van der Waals surface area contributed by atoms with Crippen molar-refractivity contribution in [3.8, 4) is 22.5 Å². The van der Waals surface area contributed by atoms with Gasteiger partial charge in [0.2, 0.25) is 6.29 Å². The Bertz CT molecular complexity index is 2470. The van der Waals surface area contributed by atoms with E-state index in [-0.39, 0.29) is 13.2 Å². The maximum absolute atomic E-state index is 13.4. The van der Waals surface area contributed by atoms with Gasteiger partial charge in [0.1, 0.15) is 23.9 Å². The van der Waals surface area contributed by atoms with E-state index in [0.29, 0.717) is 17.7 Å². The van der Waals surface area contributed by atoms with Gasteiger partial charge in [-0.15, -0.1) is 0 Å². The molecule has 294 valence electrons. The van der Waals surface area contributed by atoms with E-state index in [9.17, 15) is 14.4 Å². The molecule has 1 unspecified atom stereocenters. The van der Waals surface area contributed by atoms with E-state index in [1.807, 2.05) is 49.5 Å². The van der Waals surface area contributed by atoms with Crippen molar-refractivity contribution in [1.29, 1.82) is 0 Å². The molecule has 13 heteroatoms. The Morgan fingerprint density at radius 3 is 2.26 bits per heavy atom. The van der Waals surface area contributed by atoms with Crippen LogP contribution in [0.4, 0.5) is 4.79 Å². The number of benzene rings is 4. The number of hydrogen-bond donors (Lipinski definition) is 0. The zero-order chi connectivity index (χ0) is 39.8. The summed E-state index contributed by atoms with van der Waals surface area (Å²) < 4.78 is 37.2. The standard InChI is InChI=1S/C44H44N4O9/c1-6-11-38-46-39-25(2)20-30(42-45-33-14-9-10-15-34(33)47(42)5)21-35(39)48(38)22-28-16-18-29(19-17-28)31-12-7-8-13-32(31)43(50)55-27(4)56-44(51)57-37-24-53-40-36(54-26(3)49)23-52-41(37)40/h7-10,12-21,27,36-37,40-41H,6,11,22-24H2,1-5H3/t27?,36-,37-,40+,41+/m1/s1. The van der Waals surface area contributed by atoms with E-state index in [4.69, 9.17) is 38.4 Å². The van der Waals surface area contributed by atoms with Crippen LogP contribution >= 0.6 is 0 Å². The van der Waals surface area contributed by atoms with Crippen molar-refractivity contribution in [3.05, 3.63) is 107 Å². The van der Waals surface area contributed by atoms with Crippen molar-refractivity contribution in [2.75, 3.05) is 13.2 Å². The maximum atomic E-state index is 13.4. The highest BCUT2D eigenvalue weighted by molar-refractivity contribution is 5.97. The van der Waals surface area contributed by atoms with Crippen LogP contribution in [0.5, 0.6) is 0 Å². The summed E-state index contributed by atoms with van der Waals surface area (Å²) in [6.07, 6.45) is -3.00. The monoisotopic (exact) mass is 772 g/mol. The van der Waals surface area contributed by atoms with Crippen molar-refractivity contribution in [1.82, 2.24) is 19.1 Å². The van der Waals surface area contributed by atoms with Crippen molar-refractivity contribution < 1.29 is 42.8 Å². The number of para-hydroxylation sites is 2.